The van der Waals surface area contributed by atoms with Crippen LogP contribution in [0.4, 0.5) is 17.1 Å². The van der Waals surface area contributed by atoms with E-state index in [4.69, 9.17) is 4.74 Å². The minimum Gasteiger partial charge on any atom is -0.457 e. The predicted octanol–water partition coefficient (Wildman–Crippen LogP) is 13.3. The summed E-state index contributed by atoms with van der Waals surface area (Å²) in [5, 5.41) is 5.71. The Morgan fingerprint density at radius 3 is 1.64 bits per heavy atom. The maximum Gasteiger partial charge on any atom is 0.134 e. The number of ether oxygens (including phenoxy) is 1. The van der Waals surface area contributed by atoms with Crippen molar-refractivity contribution in [3.8, 4) is 33.8 Å². The second-order valence-corrected chi connectivity index (χ2v) is 28.3. The van der Waals surface area contributed by atoms with Gasteiger partial charge in [0.05, 0.1) is 5.69 Å². The molecule has 0 spiro atoms. The fourth-order valence-electron chi connectivity index (χ4n) is 9.10. The Morgan fingerprint density at radius 1 is 0.390 bits per heavy atom. The Bertz CT molecular complexity index is 2960. The highest BCUT2D eigenvalue weighted by Gasteiger charge is 2.38. The van der Waals surface area contributed by atoms with E-state index in [2.05, 4.69) is 207 Å². The summed E-state index contributed by atoms with van der Waals surface area (Å²) in [6, 6.07) is 65.2. The highest BCUT2D eigenvalue weighted by molar-refractivity contribution is 8.05. The zero-order chi connectivity index (χ0) is 39.9. The van der Waals surface area contributed by atoms with E-state index >= 15 is 0 Å². The third-order valence-corrected chi connectivity index (χ3v) is 23.5. The quantitative estimate of drug-likeness (QED) is 0.160. The molecule has 0 saturated heterocycles. The van der Waals surface area contributed by atoms with Gasteiger partial charge >= 0.3 is 0 Å². The molecule has 0 saturated carbocycles. The van der Waals surface area contributed by atoms with Crippen molar-refractivity contribution >= 4 is 89.2 Å². The van der Waals surface area contributed by atoms with E-state index in [0.29, 0.717) is 0 Å². The van der Waals surface area contributed by atoms with E-state index in [0.717, 1.165) is 34.0 Å². The van der Waals surface area contributed by atoms with Crippen LogP contribution >= 0.6 is 35.3 Å². The van der Waals surface area contributed by atoms with Gasteiger partial charge < -0.3 is 9.64 Å². The summed E-state index contributed by atoms with van der Waals surface area (Å²) in [6.07, 6.45) is 0. The largest absolute Gasteiger partial charge is 0.457 e. The molecule has 2 nitrogen and oxygen atoms in total. The smallest absolute Gasteiger partial charge is 0.134 e. The van der Waals surface area contributed by atoms with Crippen molar-refractivity contribution in [3.63, 3.8) is 0 Å². The number of para-hydroxylation sites is 2. The first-order valence-electron chi connectivity index (χ1n) is 20.2. The predicted molar refractivity (Wildman–Crippen MR) is 257 cm³/mol. The molecule has 0 atom stereocenters. The standard InChI is InChI=1S/C52H41NOS3Si2/c1-58(2)46-22-9-5-17-41(46)54-50-38(14-12-24-48(50)58)34-26-30-36(31-27-34)53(40-16-13-25-49-52(40)57-44-20-8-10-23-47(44)59(49,3)4)37-32-28-35(29-33-37)39-15-11-21-45-51(39)56-43-19-7-6-18-42(43)55-45/h5-33H,1-4H3. The summed E-state index contributed by atoms with van der Waals surface area (Å²) >= 11 is 5.68. The second-order valence-electron chi connectivity index (χ2n) is 16.5. The number of fused-ring (bicyclic) bond motifs is 6. The molecule has 3 aliphatic heterocycles. The first-order valence-corrected chi connectivity index (χ1v) is 28.6. The Labute approximate surface area is 361 Å². The minimum atomic E-state index is -1.97. The third-order valence-electron chi connectivity index (χ3n) is 12.3. The lowest BCUT2D eigenvalue weighted by Crippen LogP contribution is -2.56. The van der Waals surface area contributed by atoms with Crippen LogP contribution in [0.25, 0.3) is 22.3 Å². The number of hydrogen-bond donors (Lipinski definition) is 0. The van der Waals surface area contributed by atoms with Crippen LogP contribution < -0.4 is 30.4 Å². The van der Waals surface area contributed by atoms with Gasteiger partial charge in [-0.3, -0.25) is 0 Å². The molecule has 59 heavy (non-hydrogen) atoms. The average Bonchev–Trinajstić information content (AvgIpc) is 3.26. The van der Waals surface area contributed by atoms with Gasteiger partial charge in [-0.25, -0.2) is 0 Å². The molecule has 3 heterocycles. The molecule has 8 aromatic carbocycles. The molecule has 286 valence electrons. The average molecular weight is 848 g/mol. The highest BCUT2D eigenvalue weighted by atomic mass is 32.2. The van der Waals surface area contributed by atoms with E-state index in [1.165, 1.54) is 66.9 Å². The van der Waals surface area contributed by atoms with Crippen LogP contribution in [0.1, 0.15) is 0 Å². The van der Waals surface area contributed by atoms with Crippen LogP contribution in [0.15, 0.2) is 205 Å². The van der Waals surface area contributed by atoms with Gasteiger partial charge in [-0.15, -0.1) is 0 Å². The van der Waals surface area contributed by atoms with Gasteiger partial charge in [0, 0.05) is 46.3 Å². The van der Waals surface area contributed by atoms with Crippen molar-refractivity contribution in [1.82, 2.24) is 0 Å². The van der Waals surface area contributed by atoms with Gasteiger partial charge in [0.1, 0.15) is 27.6 Å². The van der Waals surface area contributed by atoms with Crippen LogP contribution in [0.5, 0.6) is 11.5 Å². The van der Waals surface area contributed by atoms with Crippen LogP contribution in [-0.2, 0) is 0 Å². The molecular weight excluding hydrogens is 807 g/mol. The van der Waals surface area contributed by atoms with Crippen molar-refractivity contribution in [2.75, 3.05) is 4.90 Å². The van der Waals surface area contributed by atoms with Gasteiger partial charge in [-0.1, -0.05) is 177 Å². The van der Waals surface area contributed by atoms with E-state index in [9.17, 15) is 0 Å². The molecule has 3 aliphatic rings. The van der Waals surface area contributed by atoms with E-state index < -0.39 is 16.1 Å². The number of rotatable bonds is 5. The molecule has 0 aromatic heterocycles. The number of anilines is 3. The van der Waals surface area contributed by atoms with E-state index in [1.54, 1.807) is 0 Å². The summed E-state index contributed by atoms with van der Waals surface area (Å²) in [5.41, 5.74) is 8.27. The Kier molecular flexibility index (Phi) is 8.91. The summed E-state index contributed by atoms with van der Waals surface area (Å²) in [5.74, 6) is 2.00. The summed E-state index contributed by atoms with van der Waals surface area (Å²) in [4.78, 5) is 10.5. The van der Waals surface area contributed by atoms with E-state index in [-0.39, 0.29) is 0 Å². The molecule has 8 aromatic rings. The van der Waals surface area contributed by atoms with E-state index in [1.807, 2.05) is 35.3 Å². The van der Waals surface area contributed by atoms with Crippen molar-refractivity contribution in [1.29, 1.82) is 0 Å². The zero-order valence-corrected chi connectivity index (χ0v) is 37.8. The Morgan fingerprint density at radius 2 is 0.898 bits per heavy atom. The molecule has 0 aliphatic carbocycles. The minimum absolute atomic E-state index is 0.993. The van der Waals surface area contributed by atoms with Gasteiger partial charge in [-0.2, -0.15) is 0 Å². The van der Waals surface area contributed by atoms with Crippen LogP contribution in [0.3, 0.4) is 0 Å². The van der Waals surface area contributed by atoms with Gasteiger partial charge in [-0.05, 0) is 98.1 Å². The molecule has 0 N–H and O–H groups in total. The third kappa shape index (κ3) is 6.08. The van der Waals surface area contributed by atoms with Crippen LogP contribution in [0.2, 0.25) is 26.2 Å². The maximum absolute atomic E-state index is 6.75. The topological polar surface area (TPSA) is 12.5 Å². The number of hydrogen-bond acceptors (Lipinski definition) is 5. The van der Waals surface area contributed by atoms with Crippen LogP contribution in [0, 0.1) is 0 Å². The fraction of sp³-hybridized carbons (Fsp3) is 0.0769. The fourth-order valence-corrected chi connectivity index (χ4v) is 19.9. The maximum atomic E-state index is 6.75. The molecule has 0 bridgehead atoms. The highest BCUT2D eigenvalue weighted by Crippen LogP contribution is 2.52. The number of nitrogens with zero attached hydrogens (tertiary/aromatic N) is 1. The first kappa shape index (κ1) is 36.9. The molecule has 0 unspecified atom stereocenters. The molecule has 0 fully saturated rings. The van der Waals surface area contributed by atoms with Crippen LogP contribution in [-0.4, -0.2) is 16.1 Å². The lowest BCUT2D eigenvalue weighted by Gasteiger charge is -2.36. The SMILES string of the molecule is C[Si]1(C)c2ccccc2Oc2c(-c3ccc(N(c4ccc(-c5cccc6c5Sc5ccccc5S6)cc4)c4cccc5c4Sc4ccccc4[Si]5(C)C)cc3)cccc21. The molecule has 0 radical (unpaired) electrons. The number of benzene rings is 8. The van der Waals surface area contributed by atoms with Crippen molar-refractivity contribution in [2.45, 2.75) is 55.6 Å². The molecule has 11 rings (SSSR count). The van der Waals surface area contributed by atoms with Gasteiger partial charge in [0.15, 0.2) is 0 Å². The van der Waals surface area contributed by atoms with Gasteiger partial charge in [0.25, 0.3) is 0 Å². The molecule has 7 heteroatoms. The lowest BCUT2D eigenvalue weighted by atomic mass is 10.0. The summed E-state index contributed by atoms with van der Waals surface area (Å²) < 4.78 is 6.75. The Hall–Kier alpha value is -5.16. The first-order chi connectivity index (χ1) is 28.8. The second kappa shape index (κ2) is 14.2. The van der Waals surface area contributed by atoms with Crippen molar-refractivity contribution < 1.29 is 4.74 Å². The molecular formula is C52H41NOS3Si2. The van der Waals surface area contributed by atoms with Crippen molar-refractivity contribution in [3.05, 3.63) is 176 Å². The normalized spacial score (nSPS) is 15.0. The molecule has 0 amide bonds. The van der Waals surface area contributed by atoms with Crippen molar-refractivity contribution in [2.24, 2.45) is 0 Å². The van der Waals surface area contributed by atoms with Gasteiger partial charge in [0.2, 0.25) is 0 Å². The summed E-state index contributed by atoms with van der Waals surface area (Å²) in [7, 11) is -3.92. The summed E-state index contributed by atoms with van der Waals surface area (Å²) in [6.45, 7) is 9.88. The lowest BCUT2D eigenvalue weighted by molar-refractivity contribution is 0.488. The zero-order valence-electron chi connectivity index (χ0n) is 33.3. The Balaban J connectivity index is 1.02. The monoisotopic (exact) mass is 847 g/mol.